The van der Waals surface area contributed by atoms with Crippen LogP contribution < -0.4 is 0 Å². The normalized spacial score (nSPS) is 11.8. The van der Waals surface area contributed by atoms with Gasteiger partial charge in [0.15, 0.2) is 5.58 Å². The molecular formula is C44H29N3O. The van der Waals surface area contributed by atoms with Crippen molar-refractivity contribution in [3.05, 3.63) is 157 Å². The van der Waals surface area contributed by atoms with Crippen LogP contribution in [0.15, 0.2) is 144 Å². The monoisotopic (exact) mass is 615 g/mol. The largest absolute Gasteiger partial charge is 0.454 e. The Morgan fingerprint density at radius 1 is 0.646 bits per heavy atom. The van der Waals surface area contributed by atoms with Crippen LogP contribution in [0.5, 0.6) is 0 Å². The second kappa shape index (κ2) is 10.8. The number of benzene rings is 6. The van der Waals surface area contributed by atoms with E-state index < -0.39 is 0 Å². The summed E-state index contributed by atoms with van der Waals surface area (Å²) in [6.07, 6.45) is 5.87. The van der Waals surface area contributed by atoms with E-state index in [4.69, 9.17) is 4.42 Å². The fraction of sp³-hybridized carbons (Fsp3) is 0.0227. The number of furan rings is 1. The first-order chi connectivity index (χ1) is 23.7. The minimum absolute atomic E-state index is 0.616. The van der Waals surface area contributed by atoms with Crippen molar-refractivity contribution < 1.29 is 4.42 Å². The van der Waals surface area contributed by atoms with Gasteiger partial charge in [0.1, 0.15) is 11.8 Å². The summed E-state index contributed by atoms with van der Waals surface area (Å²) in [5, 5.41) is 16.0. The third-order valence-electron chi connectivity index (χ3n) is 9.48. The van der Waals surface area contributed by atoms with Crippen LogP contribution in [0, 0.1) is 11.3 Å². The lowest BCUT2D eigenvalue weighted by Gasteiger charge is -2.16. The molecule has 0 N–H and O–H groups in total. The summed E-state index contributed by atoms with van der Waals surface area (Å²) in [5.74, 6) is 0.794. The molecule has 3 heterocycles. The molecule has 0 saturated carbocycles. The summed E-state index contributed by atoms with van der Waals surface area (Å²) < 4.78 is 11.2. The van der Waals surface area contributed by atoms with Crippen LogP contribution in [-0.4, -0.2) is 9.13 Å². The Kier molecular flexibility index (Phi) is 6.21. The number of allylic oxidation sites excluding steroid dienone is 1. The van der Waals surface area contributed by atoms with Crippen molar-refractivity contribution in [2.75, 3.05) is 0 Å². The molecule has 9 rings (SSSR count). The maximum absolute atomic E-state index is 10.4. The van der Waals surface area contributed by atoms with Gasteiger partial charge in [-0.1, -0.05) is 104 Å². The number of nitriles is 1. The number of fused-ring (bicyclic) bond motifs is 8. The molecule has 226 valence electrons. The minimum atomic E-state index is 0.616. The smallest absolute Gasteiger partial charge is 0.160 e. The van der Waals surface area contributed by atoms with Gasteiger partial charge < -0.3 is 13.6 Å². The van der Waals surface area contributed by atoms with Crippen molar-refractivity contribution in [3.63, 3.8) is 0 Å². The molecule has 0 amide bonds. The lowest BCUT2D eigenvalue weighted by molar-refractivity contribution is 0.605. The van der Waals surface area contributed by atoms with Crippen LogP contribution in [-0.2, 0) is 0 Å². The lowest BCUT2D eigenvalue weighted by Crippen LogP contribution is -2.00. The van der Waals surface area contributed by atoms with E-state index in [0.717, 1.165) is 88.4 Å². The maximum atomic E-state index is 10.4. The van der Waals surface area contributed by atoms with E-state index in [2.05, 4.69) is 143 Å². The number of para-hydroxylation sites is 4. The van der Waals surface area contributed by atoms with E-state index in [9.17, 15) is 5.26 Å². The van der Waals surface area contributed by atoms with Gasteiger partial charge in [0, 0.05) is 38.1 Å². The van der Waals surface area contributed by atoms with Crippen molar-refractivity contribution in [2.24, 2.45) is 0 Å². The molecule has 4 nitrogen and oxygen atoms in total. The van der Waals surface area contributed by atoms with Crippen molar-refractivity contribution >= 4 is 66.7 Å². The predicted octanol–water partition coefficient (Wildman–Crippen LogP) is 11.8. The van der Waals surface area contributed by atoms with E-state index in [-0.39, 0.29) is 0 Å². The fourth-order valence-electron chi connectivity index (χ4n) is 7.45. The third kappa shape index (κ3) is 3.89. The first-order valence-corrected chi connectivity index (χ1v) is 16.1. The van der Waals surface area contributed by atoms with Crippen molar-refractivity contribution in [1.82, 2.24) is 9.13 Å². The number of nitrogens with zero attached hydrogens (tertiary/aromatic N) is 3. The quantitative estimate of drug-likeness (QED) is 0.193. The Hall–Kier alpha value is -6.57. The van der Waals surface area contributed by atoms with Gasteiger partial charge in [-0.3, -0.25) is 0 Å². The maximum Gasteiger partial charge on any atom is 0.160 e. The van der Waals surface area contributed by atoms with E-state index in [1.807, 2.05) is 31.2 Å². The zero-order chi connectivity index (χ0) is 32.4. The van der Waals surface area contributed by atoms with Crippen LogP contribution in [0.1, 0.15) is 23.8 Å². The summed E-state index contributed by atoms with van der Waals surface area (Å²) >= 11 is 0. The van der Waals surface area contributed by atoms with E-state index in [0.29, 0.717) is 5.56 Å². The zero-order valence-electron chi connectivity index (χ0n) is 26.3. The van der Waals surface area contributed by atoms with Gasteiger partial charge in [-0.25, -0.2) is 0 Å². The Labute approximate surface area is 277 Å². The predicted molar refractivity (Wildman–Crippen MR) is 200 cm³/mol. The van der Waals surface area contributed by atoms with Crippen molar-refractivity contribution in [1.29, 1.82) is 5.26 Å². The molecule has 0 aliphatic carbocycles. The highest BCUT2D eigenvalue weighted by Gasteiger charge is 2.22. The minimum Gasteiger partial charge on any atom is -0.454 e. The molecule has 9 aromatic rings. The molecule has 0 aliphatic heterocycles. The van der Waals surface area contributed by atoms with Gasteiger partial charge in [-0.15, -0.1) is 0 Å². The van der Waals surface area contributed by atoms with E-state index >= 15 is 0 Å². The molecule has 0 atom stereocenters. The molecule has 6 aromatic carbocycles. The Morgan fingerprint density at radius 2 is 1.25 bits per heavy atom. The van der Waals surface area contributed by atoms with Gasteiger partial charge in [0.2, 0.25) is 0 Å². The van der Waals surface area contributed by atoms with Gasteiger partial charge in [0.25, 0.3) is 0 Å². The average Bonchev–Trinajstić information content (AvgIpc) is 3.79. The molecular weight excluding hydrogens is 587 g/mol. The summed E-state index contributed by atoms with van der Waals surface area (Å²) in [4.78, 5) is 0. The molecule has 0 saturated heterocycles. The summed E-state index contributed by atoms with van der Waals surface area (Å²) in [6, 6.07) is 46.8. The molecule has 3 aromatic heterocycles. The molecule has 0 radical (unpaired) electrons. The molecule has 0 spiro atoms. The highest BCUT2D eigenvalue weighted by atomic mass is 16.3. The zero-order valence-corrected chi connectivity index (χ0v) is 26.3. The lowest BCUT2D eigenvalue weighted by atomic mass is 10.00. The number of rotatable bonds is 5. The standard InChI is InChI=1S/C44H29N3O/c1-3-13-42-30(4-2)36-25-24-35-34-17-8-12-21-40(34)47(43(35)44(36)48-42)37-18-9-5-14-31(37)28-22-23-29(27-45)41(26-28)46-38-19-10-6-15-32(38)33-16-7-11-20-39(33)46/h3-26H,2H2,1H3/b13-3-. The molecule has 0 fully saturated rings. The highest BCUT2D eigenvalue weighted by Crippen LogP contribution is 2.42. The number of aromatic nitrogens is 2. The van der Waals surface area contributed by atoms with E-state index in [1.165, 1.54) is 0 Å². The molecule has 48 heavy (non-hydrogen) atoms. The Bertz CT molecular complexity index is 2780. The van der Waals surface area contributed by atoms with Crippen LogP contribution >= 0.6 is 0 Å². The Morgan fingerprint density at radius 3 is 1.92 bits per heavy atom. The van der Waals surface area contributed by atoms with Crippen LogP contribution in [0.25, 0.3) is 89.2 Å². The Balaban J connectivity index is 1.36. The summed E-state index contributed by atoms with van der Waals surface area (Å²) in [7, 11) is 0. The van der Waals surface area contributed by atoms with Gasteiger partial charge in [-0.2, -0.15) is 5.26 Å². The summed E-state index contributed by atoms with van der Waals surface area (Å²) in [5.41, 5.74) is 10.6. The first kappa shape index (κ1) is 27.7. The fourth-order valence-corrected chi connectivity index (χ4v) is 7.45. The van der Waals surface area contributed by atoms with Crippen LogP contribution in [0.2, 0.25) is 0 Å². The second-order valence-electron chi connectivity index (χ2n) is 12.0. The first-order valence-electron chi connectivity index (χ1n) is 16.1. The van der Waals surface area contributed by atoms with Crippen LogP contribution in [0.3, 0.4) is 0 Å². The molecule has 0 bridgehead atoms. The topological polar surface area (TPSA) is 46.8 Å². The molecule has 0 aliphatic rings. The molecule has 0 unspecified atom stereocenters. The second-order valence-corrected chi connectivity index (χ2v) is 12.0. The van der Waals surface area contributed by atoms with Crippen LogP contribution in [0.4, 0.5) is 0 Å². The van der Waals surface area contributed by atoms with Crippen molar-refractivity contribution in [3.8, 4) is 28.6 Å². The summed E-state index contributed by atoms with van der Waals surface area (Å²) in [6.45, 7) is 6.10. The van der Waals surface area contributed by atoms with E-state index in [1.54, 1.807) is 0 Å². The van der Waals surface area contributed by atoms with Gasteiger partial charge >= 0.3 is 0 Å². The average molecular weight is 616 g/mol. The molecule has 4 heteroatoms. The SMILES string of the molecule is C=Cc1c(/C=C\C)oc2c1ccc1c3ccccc3n(-c3ccccc3-c3ccc(C#N)c(-n4c5ccccc5c5ccccc54)c3)c12. The highest BCUT2D eigenvalue weighted by molar-refractivity contribution is 6.18. The number of hydrogen-bond donors (Lipinski definition) is 0. The van der Waals surface area contributed by atoms with Crippen molar-refractivity contribution in [2.45, 2.75) is 6.92 Å². The number of hydrogen-bond acceptors (Lipinski definition) is 2. The van der Waals surface area contributed by atoms with Gasteiger partial charge in [0.05, 0.1) is 39.0 Å². The van der Waals surface area contributed by atoms with Gasteiger partial charge in [-0.05, 0) is 61.0 Å². The third-order valence-corrected chi connectivity index (χ3v) is 9.48.